The molecule has 56 valence electrons. The van der Waals surface area contributed by atoms with E-state index in [9.17, 15) is 9.90 Å². The van der Waals surface area contributed by atoms with Crippen molar-refractivity contribution < 1.29 is 5.11 Å². The number of hydrogen-bond acceptors (Lipinski definition) is 3. The summed E-state index contributed by atoms with van der Waals surface area (Å²) in [6.45, 7) is 0. The molecule has 0 unspecified atom stereocenters. The van der Waals surface area contributed by atoms with Gasteiger partial charge >= 0.3 is 0 Å². The summed E-state index contributed by atoms with van der Waals surface area (Å²) in [5.41, 5.74) is -0.154. The molecule has 0 atom stereocenters. The molecule has 0 aliphatic rings. The van der Waals surface area contributed by atoms with E-state index in [1.54, 1.807) is 11.4 Å². The van der Waals surface area contributed by atoms with Crippen molar-refractivity contribution >= 4 is 21.4 Å². The standard InChI is InChI=1S/C7H5NO2S/c9-5-3-8-7(10)4-1-2-11-6(4)5/h1-3,9H,(H,8,10). The highest BCUT2D eigenvalue weighted by Gasteiger charge is 2.02. The molecule has 3 nitrogen and oxygen atoms in total. The predicted molar refractivity (Wildman–Crippen MR) is 44.1 cm³/mol. The molecule has 2 aromatic rings. The lowest BCUT2D eigenvalue weighted by molar-refractivity contribution is 0.480. The Hall–Kier alpha value is -1.29. The summed E-state index contributed by atoms with van der Waals surface area (Å²) in [7, 11) is 0. The van der Waals surface area contributed by atoms with Crippen molar-refractivity contribution in [3.8, 4) is 5.75 Å². The Morgan fingerprint density at radius 3 is 3.09 bits per heavy atom. The highest BCUT2D eigenvalue weighted by molar-refractivity contribution is 7.17. The highest BCUT2D eigenvalue weighted by Crippen LogP contribution is 2.25. The molecule has 0 aliphatic heterocycles. The number of H-pyrrole nitrogens is 1. The van der Waals surface area contributed by atoms with Gasteiger partial charge in [-0.15, -0.1) is 11.3 Å². The maximum absolute atomic E-state index is 11.0. The molecule has 4 heteroatoms. The number of nitrogens with one attached hydrogen (secondary N) is 1. The fourth-order valence-electron chi connectivity index (χ4n) is 0.964. The number of pyridine rings is 1. The zero-order chi connectivity index (χ0) is 7.84. The highest BCUT2D eigenvalue weighted by atomic mass is 32.1. The van der Waals surface area contributed by atoms with Crippen LogP contribution in [0.25, 0.3) is 10.1 Å². The van der Waals surface area contributed by atoms with Gasteiger partial charge in [-0.25, -0.2) is 0 Å². The maximum atomic E-state index is 11.0. The summed E-state index contributed by atoms with van der Waals surface area (Å²) in [6, 6.07) is 1.69. The van der Waals surface area contributed by atoms with E-state index in [2.05, 4.69) is 4.98 Å². The second-order valence-electron chi connectivity index (χ2n) is 2.17. The number of aromatic amines is 1. The molecule has 0 saturated heterocycles. The van der Waals surface area contributed by atoms with Crippen LogP contribution in [0.5, 0.6) is 5.75 Å². The van der Waals surface area contributed by atoms with E-state index >= 15 is 0 Å². The molecule has 11 heavy (non-hydrogen) atoms. The molecular weight excluding hydrogens is 162 g/mol. The average Bonchev–Trinajstić information content (AvgIpc) is 2.45. The van der Waals surface area contributed by atoms with Crippen molar-refractivity contribution in [3.05, 3.63) is 28.0 Å². The molecule has 0 amide bonds. The van der Waals surface area contributed by atoms with Crippen LogP contribution >= 0.6 is 11.3 Å². The van der Waals surface area contributed by atoms with Crippen LogP contribution < -0.4 is 5.56 Å². The quantitative estimate of drug-likeness (QED) is 0.621. The van der Waals surface area contributed by atoms with Crippen molar-refractivity contribution in [3.63, 3.8) is 0 Å². The zero-order valence-corrected chi connectivity index (χ0v) is 6.31. The number of fused-ring (bicyclic) bond motifs is 1. The fourth-order valence-corrected chi connectivity index (χ4v) is 1.77. The first-order valence-electron chi connectivity index (χ1n) is 3.07. The molecule has 0 fully saturated rings. The smallest absolute Gasteiger partial charge is 0.256 e. The lowest BCUT2D eigenvalue weighted by atomic mass is 10.3. The molecule has 2 heterocycles. The molecule has 0 radical (unpaired) electrons. The van der Waals surface area contributed by atoms with E-state index < -0.39 is 0 Å². The topological polar surface area (TPSA) is 53.1 Å². The van der Waals surface area contributed by atoms with Gasteiger partial charge in [-0.05, 0) is 11.4 Å². The van der Waals surface area contributed by atoms with Crippen LogP contribution in [-0.4, -0.2) is 10.1 Å². The summed E-state index contributed by atoms with van der Waals surface area (Å²) in [5.74, 6) is 0.134. The van der Waals surface area contributed by atoms with Crippen LogP contribution in [0.15, 0.2) is 22.4 Å². The number of hydrogen-bond donors (Lipinski definition) is 2. The van der Waals surface area contributed by atoms with Gasteiger partial charge in [-0.1, -0.05) is 0 Å². The van der Waals surface area contributed by atoms with Crippen LogP contribution in [0.4, 0.5) is 0 Å². The first-order chi connectivity index (χ1) is 5.29. The van der Waals surface area contributed by atoms with Gasteiger partial charge in [0.15, 0.2) is 0 Å². The van der Waals surface area contributed by atoms with E-state index in [1.807, 2.05) is 0 Å². The molecule has 2 N–H and O–H groups in total. The third-order valence-corrected chi connectivity index (χ3v) is 2.42. The normalized spacial score (nSPS) is 10.5. The van der Waals surface area contributed by atoms with Gasteiger partial charge in [-0.3, -0.25) is 4.79 Å². The predicted octanol–water partition coefficient (Wildman–Crippen LogP) is 1.30. The lowest BCUT2D eigenvalue weighted by Gasteiger charge is -1.90. The van der Waals surface area contributed by atoms with Gasteiger partial charge in [0.25, 0.3) is 5.56 Å². The van der Waals surface area contributed by atoms with Crippen molar-refractivity contribution in [2.24, 2.45) is 0 Å². The minimum Gasteiger partial charge on any atom is -0.505 e. The fraction of sp³-hybridized carbons (Fsp3) is 0. The minimum absolute atomic E-state index is 0.134. The van der Waals surface area contributed by atoms with Gasteiger partial charge < -0.3 is 10.1 Å². The Morgan fingerprint density at radius 2 is 2.36 bits per heavy atom. The van der Waals surface area contributed by atoms with Crippen LogP contribution in [0.2, 0.25) is 0 Å². The van der Waals surface area contributed by atoms with Crippen molar-refractivity contribution in [2.45, 2.75) is 0 Å². The number of rotatable bonds is 0. The third kappa shape index (κ3) is 0.832. The number of aromatic hydroxyl groups is 1. The van der Waals surface area contributed by atoms with Gasteiger partial charge in [0, 0.05) is 6.20 Å². The van der Waals surface area contributed by atoms with Gasteiger partial charge in [-0.2, -0.15) is 0 Å². The summed E-state index contributed by atoms with van der Waals surface area (Å²) >= 11 is 1.36. The Labute approximate surface area is 65.9 Å². The first-order valence-corrected chi connectivity index (χ1v) is 3.95. The molecule has 0 spiro atoms. The minimum atomic E-state index is -0.154. The Balaban J connectivity index is 3.08. The van der Waals surface area contributed by atoms with Crippen molar-refractivity contribution in [1.29, 1.82) is 0 Å². The van der Waals surface area contributed by atoms with E-state index in [-0.39, 0.29) is 11.3 Å². The number of aromatic nitrogens is 1. The third-order valence-electron chi connectivity index (χ3n) is 1.48. The van der Waals surface area contributed by atoms with Gasteiger partial charge in [0.2, 0.25) is 0 Å². The average molecular weight is 167 g/mol. The Bertz CT molecular complexity index is 443. The Morgan fingerprint density at radius 1 is 1.55 bits per heavy atom. The summed E-state index contributed by atoms with van der Waals surface area (Å²) in [6.07, 6.45) is 1.31. The number of thiophene rings is 1. The zero-order valence-electron chi connectivity index (χ0n) is 5.50. The van der Waals surface area contributed by atoms with E-state index in [1.165, 1.54) is 17.5 Å². The maximum Gasteiger partial charge on any atom is 0.256 e. The van der Waals surface area contributed by atoms with Crippen LogP contribution in [0.3, 0.4) is 0 Å². The first kappa shape index (κ1) is 6.42. The van der Waals surface area contributed by atoms with E-state index in [0.29, 0.717) is 10.1 Å². The SMILES string of the molecule is O=c1[nH]cc(O)c2sccc12. The summed E-state index contributed by atoms with van der Waals surface area (Å²) in [4.78, 5) is 13.5. The van der Waals surface area contributed by atoms with Crippen molar-refractivity contribution in [2.75, 3.05) is 0 Å². The van der Waals surface area contributed by atoms with Crippen LogP contribution in [0, 0.1) is 0 Å². The lowest BCUT2D eigenvalue weighted by Crippen LogP contribution is -2.02. The monoisotopic (exact) mass is 167 g/mol. The summed E-state index contributed by atoms with van der Waals surface area (Å²) < 4.78 is 0.647. The van der Waals surface area contributed by atoms with Crippen molar-refractivity contribution in [1.82, 2.24) is 4.98 Å². The van der Waals surface area contributed by atoms with Crippen LogP contribution in [0.1, 0.15) is 0 Å². The summed E-state index contributed by atoms with van der Waals surface area (Å²) in [5, 5.41) is 11.6. The van der Waals surface area contributed by atoms with E-state index in [4.69, 9.17) is 0 Å². The molecule has 2 aromatic heterocycles. The Kier molecular flexibility index (Phi) is 1.22. The second-order valence-corrected chi connectivity index (χ2v) is 3.08. The van der Waals surface area contributed by atoms with Gasteiger partial charge in [0.05, 0.1) is 10.1 Å². The van der Waals surface area contributed by atoms with E-state index in [0.717, 1.165) is 0 Å². The van der Waals surface area contributed by atoms with Gasteiger partial charge in [0.1, 0.15) is 5.75 Å². The van der Waals surface area contributed by atoms with Crippen LogP contribution in [-0.2, 0) is 0 Å². The molecule has 0 aliphatic carbocycles. The molecule has 0 saturated carbocycles. The molecule has 0 aromatic carbocycles. The molecule has 0 bridgehead atoms. The molecule has 2 rings (SSSR count). The largest absolute Gasteiger partial charge is 0.505 e. The second kappa shape index (κ2) is 2.10. The molecular formula is C7H5NO2S.